The van der Waals surface area contributed by atoms with Crippen LogP contribution in [0.5, 0.6) is 5.75 Å². The number of hydrogen-bond donors (Lipinski definition) is 1. The fraction of sp³-hybridized carbons (Fsp3) is 0.0345. The quantitative estimate of drug-likeness (QED) is 0.336. The molecule has 0 radical (unpaired) electrons. The van der Waals surface area contributed by atoms with Gasteiger partial charge in [0, 0.05) is 22.3 Å². The van der Waals surface area contributed by atoms with Crippen LogP contribution in [-0.2, 0) is 0 Å². The van der Waals surface area contributed by atoms with Crippen molar-refractivity contribution in [3.63, 3.8) is 0 Å². The van der Waals surface area contributed by atoms with Crippen LogP contribution in [-0.4, -0.2) is 9.97 Å². The van der Waals surface area contributed by atoms with Crippen LogP contribution in [0.4, 0.5) is 5.69 Å². The lowest BCUT2D eigenvalue weighted by Crippen LogP contribution is -2.09. The summed E-state index contributed by atoms with van der Waals surface area (Å²) in [5, 5.41) is 3.42. The van der Waals surface area contributed by atoms with E-state index < -0.39 is 0 Å². The van der Waals surface area contributed by atoms with Crippen LogP contribution in [0.2, 0.25) is 0 Å². The van der Waals surface area contributed by atoms with Crippen LogP contribution < -0.4 is 10.1 Å². The van der Waals surface area contributed by atoms with Crippen LogP contribution in [0, 0.1) is 0 Å². The molecular formula is C29H21N3O. The maximum absolute atomic E-state index is 6.05. The van der Waals surface area contributed by atoms with E-state index in [1.165, 1.54) is 0 Å². The van der Waals surface area contributed by atoms with Crippen LogP contribution in [0.1, 0.15) is 11.8 Å². The number of nitrogens with one attached hydrogen (secondary N) is 1. The summed E-state index contributed by atoms with van der Waals surface area (Å²) < 4.78 is 6.05. The van der Waals surface area contributed by atoms with Gasteiger partial charge in [-0.25, -0.2) is 9.97 Å². The highest BCUT2D eigenvalue weighted by atomic mass is 16.5. The molecular weight excluding hydrogens is 406 g/mol. The van der Waals surface area contributed by atoms with Crippen molar-refractivity contribution in [3.8, 4) is 39.7 Å². The summed E-state index contributed by atoms with van der Waals surface area (Å²) in [5.41, 5.74) is 6.96. The second kappa shape index (κ2) is 8.24. The molecule has 0 fully saturated rings. The van der Waals surface area contributed by atoms with Crippen molar-refractivity contribution in [2.45, 2.75) is 6.23 Å². The van der Waals surface area contributed by atoms with Crippen molar-refractivity contribution in [1.29, 1.82) is 0 Å². The van der Waals surface area contributed by atoms with E-state index in [2.05, 4.69) is 59.9 Å². The van der Waals surface area contributed by atoms with Crippen molar-refractivity contribution < 1.29 is 4.74 Å². The zero-order valence-corrected chi connectivity index (χ0v) is 17.8. The molecule has 4 aromatic carbocycles. The van der Waals surface area contributed by atoms with E-state index in [-0.39, 0.29) is 6.23 Å². The maximum Gasteiger partial charge on any atom is 0.196 e. The fourth-order valence-electron chi connectivity index (χ4n) is 4.03. The Labute approximate surface area is 192 Å². The molecule has 5 aromatic rings. The minimum absolute atomic E-state index is 0.201. The first kappa shape index (κ1) is 19.3. The van der Waals surface area contributed by atoms with Gasteiger partial charge in [0.05, 0.1) is 17.1 Å². The number of rotatable bonds is 4. The van der Waals surface area contributed by atoms with Gasteiger partial charge in [0.2, 0.25) is 0 Å². The minimum atomic E-state index is -0.201. The molecule has 0 saturated heterocycles. The molecule has 33 heavy (non-hydrogen) atoms. The highest BCUT2D eigenvalue weighted by molar-refractivity contribution is 5.71. The number of nitrogens with zero attached hydrogens (tertiary/aromatic N) is 2. The Morgan fingerprint density at radius 3 is 1.76 bits per heavy atom. The predicted octanol–water partition coefficient (Wildman–Crippen LogP) is 6.98. The normalized spacial score (nSPS) is 14.2. The molecule has 0 bridgehead atoms. The van der Waals surface area contributed by atoms with Crippen LogP contribution >= 0.6 is 0 Å². The topological polar surface area (TPSA) is 47.0 Å². The smallest absolute Gasteiger partial charge is 0.196 e. The number of hydrogen-bond acceptors (Lipinski definition) is 4. The third kappa shape index (κ3) is 3.83. The first-order valence-electron chi connectivity index (χ1n) is 11.0. The van der Waals surface area contributed by atoms with E-state index >= 15 is 0 Å². The first-order chi connectivity index (χ1) is 16.3. The number of aromatic nitrogens is 2. The molecule has 0 spiro atoms. The number of fused-ring (bicyclic) bond motifs is 1. The van der Waals surface area contributed by atoms with Gasteiger partial charge in [-0.15, -0.1) is 0 Å². The molecule has 1 atom stereocenters. The summed E-state index contributed by atoms with van der Waals surface area (Å²) in [6.45, 7) is 0. The lowest BCUT2D eigenvalue weighted by molar-refractivity contribution is 0.260. The van der Waals surface area contributed by atoms with E-state index in [0.717, 1.165) is 45.1 Å². The number of anilines is 1. The highest BCUT2D eigenvalue weighted by Gasteiger charge is 2.22. The average molecular weight is 428 g/mol. The molecule has 4 heteroatoms. The van der Waals surface area contributed by atoms with E-state index in [0.29, 0.717) is 5.82 Å². The van der Waals surface area contributed by atoms with Gasteiger partial charge in [-0.3, -0.25) is 0 Å². The second-order valence-electron chi connectivity index (χ2n) is 7.95. The predicted molar refractivity (Wildman–Crippen MR) is 132 cm³/mol. The van der Waals surface area contributed by atoms with Crippen molar-refractivity contribution >= 4 is 5.69 Å². The molecule has 1 aliphatic heterocycles. The van der Waals surface area contributed by atoms with Gasteiger partial charge in [0.1, 0.15) is 5.75 Å². The molecule has 1 N–H and O–H groups in total. The van der Waals surface area contributed by atoms with Crippen molar-refractivity contribution in [2.75, 3.05) is 5.32 Å². The highest BCUT2D eigenvalue weighted by Crippen LogP contribution is 2.37. The molecule has 0 saturated carbocycles. The Morgan fingerprint density at radius 2 is 1.15 bits per heavy atom. The first-order valence-corrected chi connectivity index (χ1v) is 11.0. The van der Waals surface area contributed by atoms with Crippen LogP contribution in [0.25, 0.3) is 33.9 Å². The molecule has 1 unspecified atom stereocenters. The largest absolute Gasteiger partial charge is 0.464 e. The number of ether oxygens (including phenoxy) is 1. The molecule has 2 heterocycles. The van der Waals surface area contributed by atoms with Gasteiger partial charge in [0.15, 0.2) is 12.1 Å². The van der Waals surface area contributed by atoms with E-state index in [1.807, 2.05) is 60.7 Å². The Kier molecular flexibility index (Phi) is 4.81. The van der Waals surface area contributed by atoms with Gasteiger partial charge >= 0.3 is 0 Å². The monoisotopic (exact) mass is 427 g/mol. The van der Waals surface area contributed by atoms with Crippen molar-refractivity contribution in [1.82, 2.24) is 9.97 Å². The Morgan fingerprint density at radius 1 is 0.576 bits per heavy atom. The molecule has 0 amide bonds. The third-order valence-corrected chi connectivity index (χ3v) is 5.76. The van der Waals surface area contributed by atoms with E-state index in [1.54, 1.807) is 0 Å². The molecule has 6 rings (SSSR count). The molecule has 158 valence electrons. The summed E-state index contributed by atoms with van der Waals surface area (Å²) in [5.74, 6) is 1.57. The lowest BCUT2D eigenvalue weighted by Gasteiger charge is -2.13. The van der Waals surface area contributed by atoms with Gasteiger partial charge in [0.25, 0.3) is 0 Å². The summed E-state index contributed by atoms with van der Waals surface area (Å²) in [4.78, 5) is 9.80. The molecule has 4 nitrogen and oxygen atoms in total. The summed E-state index contributed by atoms with van der Waals surface area (Å²) in [6.07, 6.45) is -0.201. The zero-order chi connectivity index (χ0) is 22.0. The molecule has 1 aromatic heterocycles. The number of benzene rings is 4. The third-order valence-electron chi connectivity index (χ3n) is 5.76. The summed E-state index contributed by atoms with van der Waals surface area (Å²) >= 11 is 0. The average Bonchev–Trinajstić information content (AvgIpc) is 3.34. The van der Waals surface area contributed by atoms with Gasteiger partial charge < -0.3 is 10.1 Å². The van der Waals surface area contributed by atoms with Crippen LogP contribution in [0.3, 0.4) is 0 Å². The minimum Gasteiger partial charge on any atom is -0.464 e. The van der Waals surface area contributed by atoms with Crippen molar-refractivity contribution in [3.05, 3.63) is 121 Å². The van der Waals surface area contributed by atoms with Gasteiger partial charge in [-0.2, -0.15) is 0 Å². The van der Waals surface area contributed by atoms with Gasteiger partial charge in [-0.1, -0.05) is 97.1 Å². The zero-order valence-electron chi connectivity index (χ0n) is 17.8. The SMILES string of the molecule is c1ccc(-c2cc(-c3ccccc3)nc(-c3ccc(C4Nc5ccccc5O4)cc3)n2)cc1. The molecule has 0 aliphatic carbocycles. The van der Waals surface area contributed by atoms with Crippen LogP contribution in [0.15, 0.2) is 115 Å². The summed E-state index contributed by atoms with van der Waals surface area (Å²) in [7, 11) is 0. The van der Waals surface area contributed by atoms with Gasteiger partial charge in [-0.05, 0) is 18.2 Å². The number of para-hydroxylation sites is 2. The van der Waals surface area contributed by atoms with Crippen molar-refractivity contribution in [2.24, 2.45) is 0 Å². The molecule has 1 aliphatic rings. The van der Waals surface area contributed by atoms with E-state index in [4.69, 9.17) is 14.7 Å². The summed E-state index contributed by atoms with van der Waals surface area (Å²) in [6, 6.07) is 38.7. The standard InChI is InChI=1S/C29H21N3O/c1-3-9-20(10-4-1)25-19-26(21-11-5-2-6-12-21)31-28(30-25)22-15-17-23(18-16-22)29-32-24-13-7-8-14-27(24)33-29/h1-19,29,32H. The van der Waals surface area contributed by atoms with E-state index in [9.17, 15) is 0 Å². The maximum atomic E-state index is 6.05. The Balaban J connectivity index is 1.37. The Bertz CT molecular complexity index is 1320. The lowest BCUT2D eigenvalue weighted by atomic mass is 10.1. The second-order valence-corrected chi connectivity index (χ2v) is 7.95. The Hall–Kier alpha value is -4.44. The fourth-order valence-corrected chi connectivity index (χ4v) is 4.03.